The highest BCUT2D eigenvalue weighted by molar-refractivity contribution is 7.16. The summed E-state index contributed by atoms with van der Waals surface area (Å²) in [5.41, 5.74) is 0.865. The molecule has 0 spiro atoms. The van der Waals surface area contributed by atoms with Crippen LogP contribution in [0.4, 0.5) is 0 Å². The molecule has 1 N–H and O–H groups in total. The normalized spacial score (nSPS) is 16.1. The molecule has 4 rings (SSSR count). The summed E-state index contributed by atoms with van der Waals surface area (Å²) in [5.74, 6) is 0.621. The minimum Gasteiger partial charge on any atom is -0.388 e. The van der Waals surface area contributed by atoms with Gasteiger partial charge in [-0.2, -0.15) is 0 Å². The number of thiazole rings is 1. The third-order valence-corrected chi connectivity index (χ3v) is 6.19. The number of carbonyl (C=O) groups is 1. The Morgan fingerprint density at radius 1 is 1.14 bits per heavy atom. The number of aliphatic hydroxyl groups is 1. The molecule has 0 aliphatic carbocycles. The number of nitrogens with zero attached hydrogens (tertiary/aromatic N) is 4. The highest BCUT2D eigenvalue weighted by Crippen LogP contribution is 2.32. The molecule has 28 heavy (non-hydrogen) atoms. The molecule has 1 aliphatic heterocycles. The van der Waals surface area contributed by atoms with Crippen LogP contribution in [-0.4, -0.2) is 44.0 Å². The summed E-state index contributed by atoms with van der Waals surface area (Å²) in [6.45, 7) is 1.23. The van der Waals surface area contributed by atoms with Gasteiger partial charge in [0.2, 0.25) is 0 Å². The number of hydrogen-bond acceptors (Lipinski definition) is 6. The van der Waals surface area contributed by atoms with Crippen molar-refractivity contribution >= 4 is 28.8 Å². The molecule has 2 aromatic heterocycles. The summed E-state index contributed by atoms with van der Waals surface area (Å²) < 4.78 is 0. The molecule has 1 fully saturated rings. The summed E-state index contributed by atoms with van der Waals surface area (Å²) in [5, 5.41) is 11.9. The van der Waals surface area contributed by atoms with E-state index in [1.165, 1.54) is 11.3 Å². The van der Waals surface area contributed by atoms with E-state index in [0.717, 1.165) is 18.4 Å². The van der Waals surface area contributed by atoms with Gasteiger partial charge in [0.1, 0.15) is 4.88 Å². The number of likely N-dealkylation sites (tertiary alicyclic amines) is 1. The van der Waals surface area contributed by atoms with Crippen molar-refractivity contribution in [3.63, 3.8) is 0 Å². The average Bonchev–Trinajstić information content (AvgIpc) is 3.24. The van der Waals surface area contributed by atoms with Crippen molar-refractivity contribution in [2.45, 2.75) is 18.9 Å². The molecule has 1 atom stereocenters. The maximum absolute atomic E-state index is 12.8. The first-order valence-electron chi connectivity index (χ1n) is 9.08. The molecule has 1 amide bonds. The third kappa shape index (κ3) is 4.06. The van der Waals surface area contributed by atoms with Gasteiger partial charge in [0, 0.05) is 30.5 Å². The Labute approximate surface area is 171 Å². The molecule has 1 aromatic carbocycles. The van der Waals surface area contributed by atoms with E-state index >= 15 is 0 Å². The fourth-order valence-corrected chi connectivity index (χ4v) is 4.35. The van der Waals surface area contributed by atoms with Crippen LogP contribution in [0.5, 0.6) is 0 Å². The van der Waals surface area contributed by atoms with Crippen LogP contribution in [0.2, 0.25) is 5.02 Å². The number of aromatic nitrogens is 3. The van der Waals surface area contributed by atoms with Crippen molar-refractivity contribution in [2.75, 3.05) is 13.1 Å². The van der Waals surface area contributed by atoms with Crippen molar-refractivity contribution in [3.05, 3.63) is 64.4 Å². The standard InChI is InChI=1S/C20H19ClN4O2S/c21-15-4-2-13(3-5-15)17(26)14-6-10-25(11-7-14)20(27)16-12-24-19(28-16)18-22-8-1-9-23-18/h1-5,8-9,12,14,17,26H,6-7,10-11H2/t17-/m0/s1. The van der Waals surface area contributed by atoms with Crippen molar-refractivity contribution in [3.8, 4) is 10.8 Å². The zero-order chi connectivity index (χ0) is 19.5. The first kappa shape index (κ1) is 19.0. The van der Waals surface area contributed by atoms with Crippen LogP contribution in [-0.2, 0) is 0 Å². The van der Waals surface area contributed by atoms with Gasteiger partial charge in [0.05, 0.1) is 12.3 Å². The van der Waals surface area contributed by atoms with Crippen LogP contribution in [0.3, 0.4) is 0 Å². The minimum absolute atomic E-state index is 0.0286. The second-order valence-corrected chi connectivity index (χ2v) is 8.20. The summed E-state index contributed by atoms with van der Waals surface area (Å²) in [6, 6.07) is 9.03. The Hall–Kier alpha value is -2.35. The number of halogens is 1. The molecule has 8 heteroatoms. The van der Waals surface area contributed by atoms with E-state index in [4.69, 9.17) is 11.6 Å². The molecule has 144 valence electrons. The first-order chi connectivity index (χ1) is 13.6. The van der Waals surface area contributed by atoms with Gasteiger partial charge in [0.15, 0.2) is 10.8 Å². The number of benzene rings is 1. The Morgan fingerprint density at radius 2 is 1.82 bits per heavy atom. The summed E-state index contributed by atoms with van der Waals surface area (Å²) in [4.78, 5) is 27.9. The zero-order valence-corrected chi connectivity index (χ0v) is 16.6. The van der Waals surface area contributed by atoms with Crippen LogP contribution in [0, 0.1) is 5.92 Å². The molecule has 1 saturated heterocycles. The lowest BCUT2D eigenvalue weighted by Gasteiger charge is -2.34. The molecule has 0 radical (unpaired) electrons. The highest BCUT2D eigenvalue weighted by atomic mass is 35.5. The van der Waals surface area contributed by atoms with Crippen LogP contribution in [0.25, 0.3) is 10.8 Å². The van der Waals surface area contributed by atoms with Crippen molar-refractivity contribution in [1.82, 2.24) is 19.9 Å². The number of carbonyl (C=O) groups excluding carboxylic acids is 1. The largest absolute Gasteiger partial charge is 0.388 e. The molecule has 0 saturated carbocycles. The van der Waals surface area contributed by atoms with Gasteiger partial charge in [-0.3, -0.25) is 4.79 Å². The summed E-state index contributed by atoms with van der Waals surface area (Å²) >= 11 is 7.22. The number of hydrogen-bond donors (Lipinski definition) is 1. The van der Waals surface area contributed by atoms with Gasteiger partial charge in [-0.1, -0.05) is 23.7 Å². The van der Waals surface area contributed by atoms with Gasteiger partial charge in [-0.25, -0.2) is 15.0 Å². The molecule has 0 unspecified atom stereocenters. The molecular weight excluding hydrogens is 396 g/mol. The molecule has 1 aliphatic rings. The van der Waals surface area contributed by atoms with Crippen LogP contribution in [0.15, 0.2) is 48.9 Å². The molecular formula is C20H19ClN4O2S. The van der Waals surface area contributed by atoms with E-state index in [-0.39, 0.29) is 11.8 Å². The Balaban J connectivity index is 1.38. The predicted octanol–water partition coefficient (Wildman–Crippen LogP) is 3.84. The Kier molecular flexibility index (Phi) is 5.66. The van der Waals surface area contributed by atoms with E-state index < -0.39 is 6.10 Å². The Bertz CT molecular complexity index is 940. The van der Waals surface area contributed by atoms with Crippen LogP contribution >= 0.6 is 22.9 Å². The number of aliphatic hydroxyl groups excluding tert-OH is 1. The molecule has 3 heterocycles. The SMILES string of the molecule is O=C(c1cnc(-c2ncccn2)s1)N1CCC([C@@H](O)c2ccc(Cl)cc2)CC1. The van der Waals surface area contributed by atoms with Crippen molar-refractivity contribution in [1.29, 1.82) is 0 Å². The average molecular weight is 415 g/mol. The molecule has 3 aromatic rings. The number of rotatable bonds is 4. The Morgan fingerprint density at radius 3 is 2.50 bits per heavy atom. The van der Waals surface area contributed by atoms with Gasteiger partial charge in [-0.05, 0) is 42.5 Å². The lowest BCUT2D eigenvalue weighted by Crippen LogP contribution is -2.39. The van der Waals surface area contributed by atoms with Crippen molar-refractivity contribution in [2.24, 2.45) is 5.92 Å². The van der Waals surface area contributed by atoms with E-state index in [1.54, 1.807) is 36.8 Å². The van der Waals surface area contributed by atoms with E-state index in [0.29, 0.717) is 33.8 Å². The third-order valence-electron chi connectivity index (χ3n) is 4.96. The first-order valence-corrected chi connectivity index (χ1v) is 10.3. The monoisotopic (exact) mass is 414 g/mol. The second kappa shape index (κ2) is 8.34. The number of piperidine rings is 1. The van der Waals surface area contributed by atoms with Crippen molar-refractivity contribution < 1.29 is 9.90 Å². The van der Waals surface area contributed by atoms with Crippen LogP contribution < -0.4 is 0 Å². The second-order valence-electron chi connectivity index (χ2n) is 6.73. The summed E-state index contributed by atoms with van der Waals surface area (Å²) in [6.07, 6.45) is 5.86. The van der Waals surface area contributed by atoms with E-state index in [1.807, 2.05) is 17.0 Å². The fourth-order valence-electron chi connectivity index (χ4n) is 3.39. The predicted molar refractivity (Wildman–Crippen MR) is 108 cm³/mol. The lowest BCUT2D eigenvalue weighted by molar-refractivity contribution is 0.0465. The quantitative estimate of drug-likeness (QED) is 0.701. The fraction of sp³-hybridized carbons (Fsp3) is 0.300. The van der Waals surface area contributed by atoms with Gasteiger partial charge < -0.3 is 10.0 Å². The molecule has 0 bridgehead atoms. The summed E-state index contributed by atoms with van der Waals surface area (Å²) in [7, 11) is 0. The number of amides is 1. The van der Waals surface area contributed by atoms with Crippen LogP contribution in [0.1, 0.15) is 34.2 Å². The maximum Gasteiger partial charge on any atom is 0.265 e. The highest BCUT2D eigenvalue weighted by Gasteiger charge is 2.29. The van der Waals surface area contributed by atoms with Gasteiger partial charge in [0.25, 0.3) is 5.91 Å². The topological polar surface area (TPSA) is 79.2 Å². The minimum atomic E-state index is -0.542. The van der Waals surface area contributed by atoms with Gasteiger partial charge in [-0.15, -0.1) is 11.3 Å². The smallest absolute Gasteiger partial charge is 0.265 e. The maximum atomic E-state index is 12.8. The van der Waals surface area contributed by atoms with Gasteiger partial charge >= 0.3 is 0 Å². The van der Waals surface area contributed by atoms with E-state index in [9.17, 15) is 9.90 Å². The van der Waals surface area contributed by atoms with E-state index in [2.05, 4.69) is 15.0 Å². The lowest BCUT2D eigenvalue weighted by atomic mass is 9.87. The zero-order valence-electron chi connectivity index (χ0n) is 15.0. The molecule has 6 nitrogen and oxygen atoms in total.